The summed E-state index contributed by atoms with van der Waals surface area (Å²) in [7, 11) is 4.93. The van der Waals surface area contributed by atoms with Crippen molar-refractivity contribution in [1.29, 1.82) is 0 Å². The van der Waals surface area contributed by atoms with Gasteiger partial charge in [0.05, 0.1) is 27.9 Å². The average molecular weight is 497 g/mol. The van der Waals surface area contributed by atoms with Crippen molar-refractivity contribution in [3.05, 3.63) is 53.1 Å². The number of para-hydroxylation sites is 1. The first-order chi connectivity index (χ1) is 17.4. The number of nitrogens with zero attached hydrogens (tertiary/aromatic N) is 1. The number of ether oxygens (including phenoxy) is 4. The number of hydrogen-bond donors (Lipinski definition) is 1. The molecule has 0 spiro atoms. The molecule has 2 N–H and O–H groups in total. The second-order valence-corrected chi connectivity index (χ2v) is 10.4. The van der Waals surface area contributed by atoms with E-state index in [4.69, 9.17) is 24.7 Å². The highest BCUT2D eigenvalue weighted by molar-refractivity contribution is 5.78. The number of carbonyl (C=O) groups excluding carboxylic acids is 1. The Morgan fingerprint density at radius 1 is 1.03 bits per heavy atom. The lowest BCUT2D eigenvalue weighted by Gasteiger charge is -2.47. The molecule has 1 fully saturated rings. The van der Waals surface area contributed by atoms with E-state index in [0.29, 0.717) is 29.8 Å². The number of rotatable bonds is 9. The van der Waals surface area contributed by atoms with Crippen LogP contribution in [0.25, 0.3) is 0 Å². The molecular formula is C29H40N2O5. The molecule has 0 bridgehead atoms. The fraction of sp³-hybridized carbons (Fsp3) is 0.552. The van der Waals surface area contributed by atoms with Gasteiger partial charge in [0.25, 0.3) is 0 Å². The summed E-state index contributed by atoms with van der Waals surface area (Å²) in [5.74, 6) is 2.99. The van der Waals surface area contributed by atoms with Crippen LogP contribution in [0.3, 0.4) is 0 Å². The zero-order valence-electron chi connectivity index (χ0n) is 22.2. The molecule has 0 radical (unpaired) electrons. The van der Waals surface area contributed by atoms with Crippen molar-refractivity contribution in [3.63, 3.8) is 0 Å². The molecule has 36 heavy (non-hydrogen) atoms. The van der Waals surface area contributed by atoms with Crippen LogP contribution in [0.5, 0.6) is 17.2 Å². The molecule has 4 atom stereocenters. The summed E-state index contributed by atoms with van der Waals surface area (Å²) in [5.41, 5.74) is 9.53. The molecule has 0 aliphatic carbocycles. The molecule has 0 saturated carbocycles. The Morgan fingerprint density at radius 3 is 2.42 bits per heavy atom. The second-order valence-electron chi connectivity index (χ2n) is 10.4. The molecule has 2 aromatic rings. The SMILES string of the molecule is COc1cc2c(cc1OC)C1CC(COC(=O)C(N)c3ccccc3OC)C(CC(C)C)CN1CC2. The van der Waals surface area contributed by atoms with Gasteiger partial charge in [0.2, 0.25) is 0 Å². The summed E-state index contributed by atoms with van der Waals surface area (Å²) >= 11 is 0. The van der Waals surface area contributed by atoms with E-state index in [2.05, 4.69) is 30.9 Å². The Bertz CT molecular complexity index is 1060. The molecule has 0 amide bonds. The summed E-state index contributed by atoms with van der Waals surface area (Å²) in [4.78, 5) is 15.6. The minimum absolute atomic E-state index is 0.251. The first-order valence-corrected chi connectivity index (χ1v) is 12.9. The molecular weight excluding hydrogens is 456 g/mol. The predicted octanol–water partition coefficient (Wildman–Crippen LogP) is 4.54. The summed E-state index contributed by atoms with van der Waals surface area (Å²) in [6.07, 6.45) is 3.02. The topological polar surface area (TPSA) is 83.2 Å². The number of nitrogens with two attached hydrogens (primary N) is 1. The van der Waals surface area contributed by atoms with E-state index < -0.39 is 12.0 Å². The van der Waals surface area contributed by atoms with Crippen molar-refractivity contribution in [2.24, 2.45) is 23.5 Å². The van der Waals surface area contributed by atoms with Gasteiger partial charge in [-0.05, 0) is 66.3 Å². The van der Waals surface area contributed by atoms with Crippen molar-refractivity contribution in [1.82, 2.24) is 4.90 Å². The van der Waals surface area contributed by atoms with Gasteiger partial charge >= 0.3 is 5.97 Å². The zero-order chi connectivity index (χ0) is 25.8. The summed E-state index contributed by atoms with van der Waals surface area (Å²) in [5, 5.41) is 0. The van der Waals surface area contributed by atoms with Crippen LogP contribution in [0, 0.1) is 17.8 Å². The first kappa shape index (κ1) is 26.3. The van der Waals surface area contributed by atoms with E-state index in [9.17, 15) is 4.79 Å². The molecule has 4 unspecified atom stereocenters. The molecule has 196 valence electrons. The van der Waals surface area contributed by atoms with E-state index in [-0.39, 0.29) is 12.0 Å². The van der Waals surface area contributed by atoms with Crippen LogP contribution in [0.4, 0.5) is 0 Å². The number of benzene rings is 2. The maximum atomic E-state index is 13.0. The third-order valence-corrected chi connectivity index (χ3v) is 7.72. The highest BCUT2D eigenvalue weighted by Crippen LogP contribution is 2.45. The lowest BCUT2D eigenvalue weighted by Crippen LogP contribution is -2.47. The van der Waals surface area contributed by atoms with Crippen molar-refractivity contribution in [2.75, 3.05) is 41.0 Å². The van der Waals surface area contributed by atoms with Gasteiger partial charge in [-0.15, -0.1) is 0 Å². The van der Waals surface area contributed by atoms with E-state index >= 15 is 0 Å². The summed E-state index contributed by atoms with van der Waals surface area (Å²) < 4.78 is 22.4. The fourth-order valence-corrected chi connectivity index (χ4v) is 5.91. The van der Waals surface area contributed by atoms with E-state index in [0.717, 1.165) is 43.9 Å². The van der Waals surface area contributed by atoms with Gasteiger partial charge in [-0.25, -0.2) is 4.79 Å². The molecule has 2 aliphatic rings. The highest BCUT2D eigenvalue weighted by Gasteiger charge is 2.40. The third kappa shape index (κ3) is 5.47. The average Bonchev–Trinajstić information content (AvgIpc) is 2.89. The van der Waals surface area contributed by atoms with Crippen LogP contribution in [-0.4, -0.2) is 51.9 Å². The van der Waals surface area contributed by atoms with Gasteiger partial charge in [0.1, 0.15) is 11.8 Å². The second kappa shape index (κ2) is 11.5. The van der Waals surface area contributed by atoms with Crippen LogP contribution >= 0.6 is 0 Å². The molecule has 7 nitrogen and oxygen atoms in total. The van der Waals surface area contributed by atoms with Gasteiger partial charge in [-0.3, -0.25) is 4.90 Å². The number of hydrogen-bond acceptors (Lipinski definition) is 7. The number of fused-ring (bicyclic) bond motifs is 3. The number of piperidine rings is 1. The standard InChI is InChI=1S/C29H40N2O5/c1-18(2)12-20-16-31-11-10-19-14-26(34-4)27(35-5)15-23(19)24(31)13-21(20)17-36-29(32)28(30)22-8-6-7-9-25(22)33-3/h6-9,14-15,18,20-21,24,28H,10-13,16-17,30H2,1-5H3. The maximum absolute atomic E-state index is 13.0. The third-order valence-electron chi connectivity index (χ3n) is 7.72. The Hall–Kier alpha value is -2.77. The Labute approximate surface area is 214 Å². The van der Waals surface area contributed by atoms with Crippen LogP contribution in [0.1, 0.15) is 55.5 Å². The molecule has 4 rings (SSSR count). The molecule has 2 aliphatic heterocycles. The highest BCUT2D eigenvalue weighted by atomic mass is 16.5. The quantitative estimate of drug-likeness (QED) is 0.511. The van der Waals surface area contributed by atoms with Gasteiger partial charge in [0.15, 0.2) is 11.5 Å². The zero-order valence-corrected chi connectivity index (χ0v) is 22.2. The largest absolute Gasteiger partial charge is 0.496 e. The molecule has 2 aromatic carbocycles. The number of methoxy groups -OCH3 is 3. The first-order valence-electron chi connectivity index (χ1n) is 12.9. The van der Waals surface area contributed by atoms with Crippen molar-refractivity contribution in [2.45, 2.75) is 45.2 Å². The fourth-order valence-electron chi connectivity index (χ4n) is 5.91. The smallest absolute Gasteiger partial charge is 0.327 e. The number of esters is 1. The monoisotopic (exact) mass is 496 g/mol. The van der Waals surface area contributed by atoms with Crippen LogP contribution in [0.2, 0.25) is 0 Å². The molecule has 0 aromatic heterocycles. The minimum Gasteiger partial charge on any atom is -0.496 e. The van der Waals surface area contributed by atoms with Gasteiger partial charge in [-0.1, -0.05) is 32.0 Å². The summed E-state index contributed by atoms with van der Waals surface area (Å²) in [6, 6.07) is 11.0. The number of carbonyl (C=O) groups is 1. The van der Waals surface area contributed by atoms with Crippen LogP contribution in [-0.2, 0) is 16.0 Å². The normalized spacial score (nSPS) is 22.4. The van der Waals surface area contributed by atoms with E-state index in [1.54, 1.807) is 27.4 Å². The molecule has 2 heterocycles. The predicted molar refractivity (Wildman–Crippen MR) is 139 cm³/mol. The van der Waals surface area contributed by atoms with Crippen molar-refractivity contribution >= 4 is 5.97 Å². The van der Waals surface area contributed by atoms with Gasteiger partial charge in [-0.2, -0.15) is 0 Å². The minimum atomic E-state index is -0.878. The molecule has 1 saturated heterocycles. The Balaban J connectivity index is 1.53. The van der Waals surface area contributed by atoms with E-state index in [1.807, 2.05) is 18.2 Å². The molecule has 7 heteroatoms. The van der Waals surface area contributed by atoms with Gasteiger partial charge in [0, 0.05) is 24.7 Å². The Kier molecular flexibility index (Phi) is 8.42. The van der Waals surface area contributed by atoms with E-state index in [1.165, 1.54) is 11.1 Å². The lowest BCUT2D eigenvalue weighted by molar-refractivity contribution is -0.148. The van der Waals surface area contributed by atoms with Crippen molar-refractivity contribution < 1.29 is 23.7 Å². The maximum Gasteiger partial charge on any atom is 0.327 e. The summed E-state index contributed by atoms with van der Waals surface area (Å²) in [6.45, 7) is 6.90. The van der Waals surface area contributed by atoms with Gasteiger partial charge < -0.3 is 24.7 Å². The lowest BCUT2D eigenvalue weighted by atomic mass is 9.74. The van der Waals surface area contributed by atoms with Crippen LogP contribution in [0.15, 0.2) is 36.4 Å². The Morgan fingerprint density at radius 2 is 1.72 bits per heavy atom. The van der Waals surface area contributed by atoms with Crippen LogP contribution < -0.4 is 19.9 Å². The van der Waals surface area contributed by atoms with Crippen molar-refractivity contribution in [3.8, 4) is 17.2 Å².